The molecule has 25 heavy (non-hydrogen) atoms. The Bertz CT molecular complexity index is 849. The molecular weight excluding hydrogens is 378 g/mol. The molecule has 4 rings (SSSR count). The Morgan fingerprint density at radius 2 is 1.32 bits per heavy atom. The molecule has 2 aromatic rings. The number of halogens is 1. The first-order valence-electron chi connectivity index (χ1n) is 7.43. The van der Waals surface area contributed by atoms with Crippen LogP contribution in [0.3, 0.4) is 0 Å². The fourth-order valence-corrected chi connectivity index (χ4v) is 3.34. The molecule has 2 aromatic carbocycles. The van der Waals surface area contributed by atoms with Crippen LogP contribution in [0.15, 0.2) is 40.9 Å². The van der Waals surface area contributed by atoms with E-state index in [0.29, 0.717) is 18.5 Å². The Morgan fingerprint density at radius 1 is 0.800 bits per heavy atom. The van der Waals surface area contributed by atoms with Crippen molar-refractivity contribution in [2.45, 2.75) is 40.5 Å². The zero-order valence-electron chi connectivity index (χ0n) is 12.4. The molecule has 0 bridgehead atoms. The van der Waals surface area contributed by atoms with Crippen molar-refractivity contribution in [2.24, 2.45) is 0 Å². The molecule has 0 saturated heterocycles. The van der Waals surface area contributed by atoms with E-state index in [1.807, 2.05) is 24.3 Å². The van der Waals surface area contributed by atoms with Crippen LogP contribution in [0, 0.1) is 6.57 Å². The predicted octanol–water partition coefficient (Wildman–Crippen LogP) is 6.22. The Balaban J connectivity index is 0.000000232. The standard InChI is InChI=1S/C10H7NO.C9H7BrO.2CH4/c1-11-8-3-4-9-7(6-8)2-5-10(9)12;10-7-2-3-8-6(5-7)1-4-9(8)11;;/h3-4,6H,2,5H2;2-3,5H,1,4H2;2*1H4. The average Bonchev–Trinajstić information content (AvgIpc) is 3.11. The maximum atomic E-state index is 11.2. The molecule has 0 unspecified atom stereocenters. The SMILES string of the molecule is C.C.O=C1CCc2cc(Br)ccc21.[C-]#[N+]c1ccc2c(c1)CCC2=O. The third-order valence-electron chi connectivity index (χ3n) is 4.13. The molecule has 0 heterocycles. The van der Waals surface area contributed by atoms with Crippen LogP contribution in [0.25, 0.3) is 4.85 Å². The molecule has 0 spiro atoms. The topological polar surface area (TPSA) is 38.5 Å². The van der Waals surface area contributed by atoms with Crippen LogP contribution >= 0.6 is 15.9 Å². The van der Waals surface area contributed by atoms with Crippen molar-refractivity contribution in [3.05, 3.63) is 74.5 Å². The van der Waals surface area contributed by atoms with Crippen LogP contribution in [-0.4, -0.2) is 11.6 Å². The van der Waals surface area contributed by atoms with E-state index in [1.165, 1.54) is 5.56 Å². The number of fused-ring (bicyclic) bond motifs is 2. The summed E-state index contributed by atoms with van der Waals surface area (Å²) in [6.07, 6.45) is 3.01. The van der Waals surface area contributed by atoms with Crippen LogP contribution in [-0.2, 0) is 12.8 Å². The number of rotatable bonds is 0. The number of hydrogen-bond acceptors (Lipinski definition) is 2. The maximum Gasteiger partial charge on any atom is 0.187 e. The molecule has 0 aromatic heterocycles. The van der Waals surface area contributed by atoms with Crippen molar-refractivity contribution in [1.82, 2.24) is 0 Å². The van der Waals surface area contributed by atoms with Gasteiger partial charge in [-0.15, -0.1) is 0 Å². The summed E-state index contributed by atoms with van der Waals surface area (Å²) in [7, 11) is 0. The van der Waals surface area contributed by atoms with Gasteiger partial charge in [0.2, 0.25) is 0 Å². The minimum atomic E-state index is 0. The molecule has 0 N–H and O–H groups in total. The summed E-state index contributed by atoms with van der Waals surface area (Å²) in [5.74, 6) is 0.494. The minimum Gasteiger partial charge on any atom is -0.294 e. The molecule has 0 saturated carbocycles. The second-order valence-electron chi connectivity index (χ2n) is 5.60. The van der Waals surface area contributed by atoms with E-state index < -0.39 is 0 Å². The third kappa shape index (κ3) is 4.43. The van der Waals surface area contributed by atoms with Crippen molar-refractivity contribution in [3.63, 3.8) is 0 Å². The molecule has 4 heteroatoms. The summed E-state index contributed by atoms with van der Waals surface area (Å²) >= 11 is 3.37. The van der Waals surface area contributed by atoms with Crippen molar-refractivity contribution < 1.29 is 9.59 Å². The number of benzene rings is 2. The predicted molar refractivity (Wildman–Crippen MR) is 106 cm³/mol. The van der Waals surface area contributed by atoms with Crippen molar-refractivity contribution in [3.8, 4) is 0 Å². The Hall–Kier alpha value is -2.25. The molecule has 0 aliphatic heterocycles. The van der Waals surface area contributed by atoms with Gasteiger partial charge in [0.15, 0.2) is 17.3 Å². The van der Waals surface area contributed by atoms with E-state index in [0.717, 1.165) is 34.0 Å². The molecule has 0 fully saturated rings. The number of nitrogens with zero attached hydrogens (tertiary/aromatic N) is 1. The van der Waals surface area contributed by atoms with Gasteiger partial charge in [-0.25, -0.2) is 4.85 Å². The fraction of sp³-hybridized carbons (Fsp3) is 0.286. The summed E-state index contributed by atoms with van der Waals surface area (Å²) in [5, 5.41) is 0. The quantitative estimate of drug-likeness (QED) is 0.493. The van der Waals surface area contributed by atoms with E-state index in [9.17, 15) is 9.59 Å². The van der Waals surface area contributed by atoms with Gasteiger partial charge in [0, 0.05) is 28.4 Å². The highest BCUT2D eigenvalue weighted by molar-refractivity contribution is 9.10. The van der Waals surface area contributed by atoms with Gasteiger partial charge in [0.05, 0.1) is 6.57 Å². The minimum absolute atomic E-state index is 0. The highest BCUT2D eigenvalue weighted by Crippen LogP contribution is 2.26. The van der Waals surface area contributed by atoms with E-state index in [-0.39, 0.29) is 26.4 Å². The van der Waals surface area contributed by atoms with Gasteiger partial charge >= 0.3 is 0 Å². The van der Waals surface area contributed by atoms with Crippen molar-refractivity contribution in [2.75, 3.05) is 0 Å². The van der Waals surface area contributed by atoms with Crippen molar-refractivity contribution >= 4 is 33.2 Å². The van der Waals surface area contributed by atoms with E-state index in [4.69, 9.17) is 6.57 Å². The van der Waals surface area contributed by atoms with E-state index in [2.05, 4.69) is 20.8 Å². The van der Waals surface area contributed by atoms with E-state index >= 15 is 0 Å². The second-order valence-corrected chi connectivity index (χ2v) is 6.52. The first-order valence-corrected chi connectivity index (χ1v) is 8.23. The zero-order valence-corrected chi connectivity index (χ0v) is 14.0. The summed E-state index contributed by atoms with van der Waals surface area (Å²) in [6, 6.07) is 11.1. The lowest BCUT2D eigenvalue weighted by Gasteiger charge is -1.96. The Morgan fingerprint density at radius 3 is 1.88 bits per heavy atom. The first-order chi connectivity index (χ1) is 11.1. The second kappa shape index (κ2) is 8.73. The number of ketones is 2. The van der Waals surface area contributed by atoms with Gasteiger partial charge in [0.1, 0.15) is 0 Å². The maximum absolute atomic E-state index is 11.2. The highest BCUT2D eigenvalue weighted by Gasteiger charge is 2.19. The first kappa shape index (κ1) is 20.8. The summed E-state index contributed by atoms with van der Waals surface area (Å²) in [5.41, 5.74) is 4.57. The van der Waals surface area contributed by atoms with Crippen LogP contribution in [0.4, 0.5) is 5.69 Å². The molecule has 0 atom stereocenters. The number of Topliss-reactive ketones (excluding diaryl/α,β-unsaturated/α-hetero) is 2. The Kier molecular flexibility index (Phi) is 7.26. The molecule has 3 nitrogen and oxygen atoms in total. The summed E-state index contributed by atoms with van der Waals surface area (Å²) in [6.45, 7) is 6.80. The number of carbonyl (C=O) groups excluding carboxylic acids is 2. The number of carbonyl (C=O) groups is 2. The number of aryl methyl sites for hydroxylation is 2. The summed E-state index contributed by atoms with van der Waals surface area (Å²) in [4.78, 5) is 25.7. The molecule has 0 radical (unpaired) electrons. The summed E-state index contributed by atoms with van der Waals surface area (Å²) < 4.78 is 1.06. The number of hydrogen-bond donors (Lipinski definition) is 0. The van der Waals surface area contributed by atoms with Crippen LogP contribution in [0.5, 0.6) is 0 Å². The van der Waals surface area contributed by atoms with Gasteiger partial charge in [-0.2, -0.15) is 0 Å². The molecule has 2 aliphatic rings. The van der Waals surface area contributed by atoms with Gasteiger partial charge in [-0.1, -0.05) is 55.0 Å². The molecule has 0 amide bonds. The van der Waals surface area contributed by atoms with Gasteiger partial charge in [-0.3, -0.25) is 9.59 Å². The Labute approximate surface area is 158 Å². The van der Waals surface area contributed by atoms with Crippen LogP contribution < -0.4 is 0 Å². The van der Waals surface area contributed by atoms with Crippen LogP contribution in [0.2, 0.25) is 0 Å². The van der Waals surface area contributed by atoms with E-state index in [1.54, 1.807) is 12.1 Å². The van der Waals surface area contributed by atoms with Gasteiger partial charge in [0.25, 0.3) is 0 Å². The molecule has 2 aliphatic carbocycles. The lowest BCUT2D eigenvalue weighted by molar-refractivity contribution is 0.0986. The van der Waals surface area contributed by atoms with Gasteiger partial charge < -0.3 is 0 Å². The smallest absolute Gasteiger partial charge is 0.187 e. The zero-order chi connectivity index (χ0) is 16.4. The van der Waals surface area contributed by atoms with Gasteiger partial charge in [-0.05, 0) is 36.1 Å². The molecule has 130 valence electrons. The monoisotopic (exact) mass is 399 g/mol. The largest absolute Gasteiger partial charge is 0.294 e. The average molecular weight is 400 g/mol. The lowest BCUT2D eigenvalue weighted by Crippen LogP contribution is -1.89. The fourth-order valence-electron chi connectivity index (χ4n) is 2.94. The highest BCUT2D eigenvalue weighted by atomic mass is 79.9. The molecular formula is C21H22BrNO2. The third-order valence-corrected chi connectivity index (χ3v) is 4.62. The van der Waals surface area contributed by atoms with Crippen molar-refractivity contribution in [1.29, 1.82) is 0 Å². The normalized spacial score (nSPS) is 13.4. The van der Waals surface area contributed by atoms with Crippen LogP contribution in [0.1, 0.15) is 59.5 Å². The lowest BCUT2D eigenvalue weighted by atomic mass is 10.1.